The van der Waals surface area contributed by atoms with Crippen molar-refractivity contribution in [2.45, 2.75) is 38.6 Å². The van der Waals surface area contributed by atoms with Crippen LogP contribution in [0, 0.1) is 5.82 Å². The van der Waals surface area contributed by atoms with Crippen molar-refractivity contribution in [2.24, 2.45) is 5.73 Å². The van der Waals surface area contributed by atoms with E-state index in [2.05, 4.69) is 5.32 Å². The van der Waals surface area contributed by atoms with Gasteiger partial charge in [-0.2, -0.15) is 0 Å². The highest BCUT2D eigenvalue weighted by Crippen LogP contribution is 2.29. The van der Waals surface area contributed by atoms with Crippen LogP contribution in [0.25, 0.3) is 0 Å². The van der Waals surface area contributed by atoms with Crippen LogP contribution in [-0.2, 0) is 10.2 Å². The van der Waals surface area contributed by atoms with Crippen molar-refractivity contribution in [1.29, 1.82) is 0 Å². The standard InChI is InChI=1S/C14H20ClFN2O/c1-13(2,8-18-12(19)14(3,4)17)10-6-5-9(16)7-11(10)15/h5-7H,8,17H2,1-4H3,(H,18,19). The van der Waals surface area contributed by atoms with Crippen molar-refractivity contribution in [1.82, 2.24) is 5.32 Å². The molecule has 0 spiro atoms. The lowest BCUT2D eigenvalue weighted by molar-refractivity contribution is -0.125. The molecule has 0 saturated heterocycles. The Morgan fingerprint density at radius 1 is 1.37 bits per heavy atom. The van der Waals surface area contributed by atoms with E-state index >= 15 is 0 Å². The van der Waals surface area contributed by atoms with Crippen LogP contribution in [0.1, 0.15) is 33.3 Å². The minimum absolute atomic E-state index is 0.237. The first-order valence-electron chi connectivity index (χ1n) is 6.07. The molecule has 19 heavy (non-hydrogen) atoms. The van der Waals surface area contributed by atoms with Crippen LogP contribution in [0.4, 0.5) is 4.39 Å². The molecule has 0 aliphatic rings. The zero-order valence-electron chi connectivity index (χ0n) is 11.7. The first kappa shape index (κ1) is 15.9. The number of carbonyl (C=O) groups is 1. The molecule has 1 rings (SSSR count). The summed E-state index contributed by atoms with van der Waals surface area (Å²) < 4.78 is 13.0. The van der Waals surface area contributed by atoms with E-state index in [9.17, 15) is 9.18 Å². The molecule has 0 bridgehead atoms. The zero-order chi connectivity index (χ0) is 14.8. The van der Waals surface area contributed by atoms with Gasteiger partial charge in [0.05, 0.1) is 5.54 Å². The maximum Gasteiger partial charge on any atom is 0.239 e. The summed E-state index contributed by atoms with van der Waals surface area (Å²) in [6.45, 7) is 7.50. The molecule has 0 aromatic heterocycles. The Morgan fingerprint density at radius 2 is 1.95 bits per heavy atom. The largest absolute Gasteiger partial charge is 0.354 e. The van der Waals surface area contributed by atoms with Crippen LogP contribution < -0.4 is 11.1 Å². The normalized spacial score (nSPS) is 12.4. The van der Waals surface area contributed by atoms with Crippen LogP contribution in [0.2, 0.25) is 5.02 Å². The van der Waals surface area contributed by atoms with Crippen LogP contribution in [-0.4, -0.2) is 18.0 Å². The van der Waals surface area contributed by atoms with E-state index in [0.29, 0.717) is 11.6 Å². The minimum Gasteiger partial charge on any atom is -0.354 e. The Hall–Kier alpha value is -1.13. The van der Waals surface area contributed by atoms with Gasteiger partial charge in [-0.3, -0.25) is 4.79 Å². The summed E-state index contributed by atoms with van der Waals surface area (Å²) in [7, 11) is 0. The summed E-state index contributed by atoms with van der Waals surface area (Å²) in [4.78, 5) is 11.8. The summed E-state index contributed by atoms with van der Waals surface area (Å²) in [5.41, 5.74) is 5.15. The van der Waals surface area contributed by atoms with Crippen LogP contribution in [0.5, 0.6) is 0 Å². The van der Waals surface area contributed by atoms with Crippen molar-refractivity contribution >= 4 is 17.5 Å². The molecule has 3 nitrogen and oxygen atoms in total. The van der Waals surface area contributed by atoms with E-state index in [1.165, 1.54) is 12.1 Å². The van der Waals surface area contributed by atoms with E-state index in [0.717, 1.165) is 5.56 Å². The first-order valence-corrected chi connectivity index (χ1v) is 6.44. The van der Waals surface area contributed by atoms with Gasteiger partial charge in [-0.15, -0.1) is 0 Å². The molecule has 0 aliphatic carbocycles. The maximum atomic E-state index is 13.0. The number of hydrogen-bond acceptors (Lipinski definition) is 2. The van der Waals surface area contributed by atoms with Crippen LogP contribution in [0.3, 0.4) is 0 Å². The fraction of sp³-hybridized carbons (Fsp3) is 0.500. The molecular formula is C14H20ClFN2O. The summed E-state index contributed by atoms with van der Waals surface area (Å²) in [6.07, 6.45) is 0. The predicted octanol–water partition coefficient (Wildman–Crippen LogP) is 2.61. The molecule has 0 aliphatic heterocycles. The third kappa shape index (κ3) is 4.18. The highest BCUT2D eigenvalue weighted by molar-refractivity contribution is 6.31. The number of carbonyl (C=O) groups excluding carboxylic acids is 1. The number of rotatable bonds is 4. The molecule has 1 amide bonds. The fourth-order valence-electron chi connectivity index (χ4n) is 1.66. The van der Waals surface area contributed by atoms with Crippen molar-refractivity contribution < 1.29 is 9.18 Å². The predicted molar refractivity (Wildman–Crippen MR) is 75.7 cm³/mol. The molecular weight excluding hydrogens is 267 g/mol. The second-order valence-electron chi connectivity index (χ2n) is 5.91. The number of halogens is 2. The number of amides is 1. The van der Waals surface area contributed by atoms with Gasteiger partial charge in [0.15, 0.2) is 0 Å². The number of nitrogens with one attached hydrogen (secondary N) is 1. The minimum atomic E-state index is -0.928. The smallest absolute Gasteiger partial charge is 0.239 e. The third-order valence-corrected chi connectivity index (χ3v) is 3.25. The topological polar surface area (TPSA) is 55.1 Å². The fourth-order valence-corrected chi connectivity index (χ4v) is 2.09. The molecule has 0 unspecified atom stereocenters. The number of hydrogen-bond donors (Lipinski definition) is 2. The Balaban J connectivity index is 2.84. The summed E-state index contributed by atoms with van der Waals surface area (Å²) in [5, 5.41) is 3.14. The van der Waals surface area contributed by atoms with Gasteiger partial charge in [0.2, 0.25) is 5.91 Å². The number of nitrogens with two attached hydrogens (primary N) is 1. The average Bonchev–Trinajstić information content (AvgIpc) is 2.24. The molecule has 1 aromatic rings. The van der Waals surface area contributed by atoms with E-state index in [4.69, 9.17) is 17.3 Å². The highest BCUT2D eigenvalue weighted by Gasteiger charge is 2.27. The van der Waals surface area contributed by atoms with Gasteiger partial charge in [-0.1, -0.05) is 31.5 Å². The van der Waals surface area contributed by atoms with Gasteiger partial charge >= 0.3 is 0 Å². The van der Waals surface area contributed by atoms with Gasteiger partial charge in [0, 0.05) is 17.0 Å². The van der Waals surface area contributed by atoms with E-state index < -0.39 is 11.0 Å². The van der Waals surface area contributed by atoms with Crippen molar-refractivity contribution in [3.8, 4) is 0 Å². The molecule has 0 fully saturated rings. The van der Waals surface area contributed by atoms with E-state index in [-0.39, 0.29) is 11.7 Å². The first-order chi connectivity index (χ1) is 8.54. The average molecular weight is 287 g/mol. The van der Waals surface area contributed by atoms with Crippen molar-refractivity contribution in [3.63, 3.8) is 0 Å². The molecule has 0 saturated carbocycles. The molecule has 5 heteroatoms. The van der Waals surface area contributed by atoms with Crippen molar-refractivity contribution in [2.75, 3.05) is 6.54 Å². The molecule has 106 valence electrons. The second-order valence-corrected chi connectivity index (χ2v) is 6.32. The number of benzene rings is 1. The Labute approximate surface area is 118 Å². The van der Waals surface area contributed by atoms with Crippen LogP contribution >= 0.6 is 11.6 Å². The summed E-state index contributed by atoms with van der Waals surface area (Å²) in [6, 6.07) is 4.27. The van der Waals surface area contributed by atoms with Crippen LogP contribution in [0.15, 0.2) is 18.2 Å². The molecule has 0 radical (unpaired) electrons. The zero-order valence-corrected chi connectivity index (χ0v) is 12.4. The van der Waals surface area contributed by atoms with Gasteiger partial charge < -0.3 is 11.1 Å². The molecule has 3 N–H and O–H groups in total. The Bertz CT molecular complexity index is 481. The van der Waals surface area contributed by atoms with E-state index in [1.54, 1.807) is 19.9 Å². The lowest BCUT2D eigenvalue weighted by atomic mass is 9.84. The molecule has 0 heterocycles. The lowest BCUT2D eigenvalue weighted by Gasteiger charge is -2.28. The monoisotopic (exact) mass is 286 g/mol. The maximum absolute atomic E-state index is 13.0. The highest BCUT2D eigenvalue weighted by atomic mass is 35.5. The third-order valence-electron chi connectivity index (χ3n) is 2.94. The van der Waals surface area contributed by atoms with Gasteiger partial charge in [0.25, 0.3) is 0 Å². The quantitative estimate of drug-likeness (QED) is 0.894. The van der Waals surface area contributed by atoms with Gasteiger partial charge in [0.1, 0.15) is 5.82 Å². The Kier molecular flexibility index (Phi) is 4.59. The Morgan fingerprint density at radius 3 is 2.42 bits per heavy atom. The summed E-state index contributed by atoms with van der Waals surface area (Å²) >= 11 is 6.04. The SMILES string of the molecule is CC(C)(N)C(=O)NCC(C)(C)c1ccc(F)cc1Cl. The lowest BCUT2D eigenvalue weighted by Crippen LogP contribution is -2.51. The van der Waals surface area contributed by atoms with Crippen molar-refractivity contribution in [3.05, 3.63) is 34.6 Å². The summed E-state index contributed by atoms with van der Waals surface area (Å²) in [5.74, 6) is -0.615. The molecule has 1 aromatic carbocycles. The second kappa shape index (κ2) is 5.47. The van der Waals surface area contributed by atoms with E-state index in [1.807, 2.05) is 13.8 Å². The van der Waals surface area contributed by atoms with Gasteiger partial charge in [-0.25, -0.2) is 4.39 Å². The van der Waals surface area contributed by atoms with Gasteiger partial charge in [-0.05, 0) is 31.5 Å². The molecule has 0 atom stereocenters.